The standard InChI is InChI=1S/C26H28FN7O/c1-15-21(27)5-4-18-12-20(16(2)32-24-19-6-9-29-13-22(19)30-14-31-24)25(33-23(15)18)34-10-7-17(8-11-34)26(35)28-3/h4-6,9,12-14,16-17H,7-8,10-11H2,1-3H3,(H,28,35)(H,30,31,32)/t16-/m0/s1. The van der Waals surface area contributed by atoms with Crippen LogP contribution in [0.1, 0.15) is 36.9 Å². The van der Waals surface area contributed by atoms with Crippen LogP contribution >= 0.6 is 0 Å². The second-order valence-electron chi connectivity index (χ2n) is 9.00. The number of amides is 1. The molecular formula is C26H28FN7O. The van der Waals surface area contributed by atoms with E-state index in [1.165, 1.54) is 12.4 Å². The fraction of sp³-hybridized carbons (Fsp3) is 0.346. The molecule has 35 heavy (non-hydrogen) atoms. The van der Waals surface area contributed by atoms with Gasteiger partial charge in [-0.25, -0.2) is 19.3 Å². The maximum atomic E-state index is 14.4. The van der Waals surface area contributed by atoms with Crippen LogP contribution in [0.2, 0.25) is 0 Å². The molecule has 3 aromatic heterocycles. The number of halogens is 1. The Labute approximate surface area is 203 Å². The average molecular weight is 474 g/mol. The number of fused-ring (bicyclic) bond motifs is 2. The van der Waals surface area contributed by atoms with E-state index in [0.717, 1.165) is 40.5 Å². The molecule has 0 spiro atoms. The number of carbonyl (C=O) groups is 1. The zero-order valence-corrected chi connectivity index (χ0v) is 20.0. The molecule has 0 aliphatic carbocycles. The fourth-order valence-electron chi connectivity index (χ4n) is 4.80. The summed E-state index contributed by atoms with van der Waals surface area (Å²) in [7, 11) is 1.68. The van der Waals surface area contributed by atoms with Gasteiger partial charge in [0.05, 0.1) is 23.3 Å². The fourth-order valence-corrected chi connectivity index (χ4v) is 4.80. The van der Waals surface area contributed by atoms with Crippen molar-refractivity contribution < 1.29 is 9.18 Å². The number of nitrogens with one attached hydrogen (secondary N) is 2. The maximum Gasteiger partial charge on any atom is 0.222 e. The Bertz CT molecular complexity index is 1400. The number of anilines is 2. The van der Waals surface area contributed by atoms with Crippen molar-refractivity contribution in [1.29, 1.82) is 0 Å². The topological polar surface area (TPSA) is 95.9 Å². The third-order valence-electron chi connectivity index (χ3n) is 6.85. The van der Waals surface area contributed by atoms with Crippen LogP contribution in [0, 0.1) is 18.7 Å². The third-order valence-corrected chi connectivity index (χ3v) is 6.85. The highest BCUT2D eigenvalue weighted by atomic mass is 19.1. The molecule has 1 atom stereocenters. The Morgan fingerprint density at radius 1 is 1.20 bits per heavy atom. The van der Waals surface area contributed by atoms with Crippen LogP contribution in [-0.4, -0.2) is 46.0 Å². The molecule has 1 amide bonds. The Hall–Kier alpha value is -3.88. The van der Waals surface area contributed by atoms with E-state index < -0.39 is 0 Å². The third kappa shape index (κ3) is 4.34. The first-order valence-electron chi connectivity index (χ1n) is 11.8. The predicted molar refractivity (Wildman–Crippen MR) is 135 cm³/mol. The molecule has 2 N–H and O–H groups in total. The second kappa shape index (κ2) is 9.40. The second-order valence-corrected chi connectivity index (χ2v) is 9.00. The summed E-state index contributed by atoms with van der Waals surface area (Å²) in [6, 6.07) is 7.08. The summed E-state index contributed by atoms with van der Waals surface area (Å²) in [6.45, 7) is 5.23. The van der Waals surface area contributed by atoms with Crippen molar-refractivity contribution in [3.63, 3.8) is 0 Å². The summed E-state index contributed by atoms with van der Waals surface area (Å²) in [4.78, 5) is 32.2. The van der Waals surface area contributed by atoms with Crippen LogP contribution in [0.15, 0.2) is 43.0 Å². The minimum atomic E-state index is -0.269. The van der Waals surface area contributed by atoms with Crippen molar-refractivity contribution >= 4 is 39.3 Å². The van der Waals surface area contributed by atoms with Crippen molar-refractivity contribution in [2.45, 2.75) is 32.7 Å². The van der Waals surface area contributed by atoms with E-state index in [2.05, 4.69) is 43.5 Å². The molecule has 0 bridgehead atoms. The van der Waals surface area contributed by atoms with Gasteiger partial charge in [-0.3, -0.25) is 9.78 Å². The Kier molecular flexibility index (Phi) is 6.15. The highest BCUT2D eigenvalue weighted by Gasteiger charge is 2.28. The molecule has 8 nitrogen and oxygen atoms in total. The van der Waals surface area contributed by atoms with E-state index >= 15 is 0 Å². The van der Waals surface area contributed by atoms with Gasteiger partial charge in [-0.05, 0) is 51.0 Å². The first-order chi connectivity index (χ1) is 17.0. The maximum absolute atomic E-state index is 14.4. The van der Waals surface area contributed by atoms with Crippen molar-refractivity contribution in [1.82, 2.24) is 25.3 Å². The summed E-state index contributed by atoms with van der Waals surface area (Å²) in [6.07, 6.45) is 6.44. The van der Waals surface area contributed by atoms with E-state index in [4.69, 9.17) is 4.98 Å². The first kappa shape index (κ1) is 22.9. The Balaban J connectivity index is 1.54. The lowest BCUT2D eigenvalue weighted by molar-refractivity contribution is -0.125. The summed E-state index contributed by atoms with van der Waals surface area (Å²) in [5.41, 5.74) is 2.94. The quantitative estimate of drug-likeness (QED) is 0.449. The molecule has 0 saturated carbocycles. The molecule has 1 aliphatic rings. The smallest absolute Gasteiger partial charge is 0.222 e. The van der Waals surface area contributed by atoms with E-state index in [1.807, 2.05) is 6.07 Å². The molecule has 0 radical (unpaired) electrons. The van der Waals surface area contributed by atoms with Crippen molar-refractivity contribution in [2.75, 3.05) is 30.4 Å². The molecule has 1 aliphatic heterocycles. The van der Waals surface area contributed by atoms with Gasteiger partial charge in [0.15, 0.2) is 0 Å². The molecule has 1 aromatic carbocycles. The molecule has 1 saturated heterocycles. The number of aryl methyl sites for hydroxylation is 1. The van der Waals surface area contributed by atoms with Gasteiger partial charge in [-0.1, -0.05) is 0 Å². The van der Waals surface area contributed by atoms with Crippen molar-refractivity contribution in [2.24, 2.45) is 5.92 Å². The van der Waals surface area contributed by atoms with E-state index in [1.54, 1.807) is 32.4 Å². The van der Waals surface area contributed by atoms with Gasteiger partial charge in [-0.2, -0.15) is 0 Å². The molecule has 0 unspecified atom stereocenters. The highest BCUT2D eigenvalue weighted by molar-refractivity contribution is 5.89. The molecule has 4 heterocycles. The lowest BCUT2D eigenvalue weighted by Crippen LogP contribution is -2.40. The lowest BCUT2D eigenvalue weighted by atomic mass is 9.95. The average Bonchev–Trinajstić information content (AvgIpc) is 2.90. The minimum Gasteiger partial charge on any atom is -0.363 e. The van der Waals surface area contributed by atoms with Gasteiger partial charge < -0.3 is 15.5 Å². The number of rotatable bonds is 5. The van der Waals surface area contributed by atoms with Crippen LogP contribution < -0.4 is 15.5 Å². The van der Waals surface area contributed by atoms with E-state index in [0.29, 0.717) is 30.0 Å². The van der Waals surface area contributed by atoms with Crippen LogP contribution in [0.5, 0.6) is 0 Å². The number of hydrogen-bond acceptors (Lipinski definition) is 7. The zero-order chi connectivity index (χ0) is 24.5. The van der Waals surface area contributed by atoms with Gasteiger partial charge in [0.25, 0.3) is 0 Å². The molecule has 9 heteroatoms. The van der Waals surface area contributed by atoms with Gasteiger partial charge >= 0.3 is 0 Å². The number of benzene rings is 1. The van der Waals surface area contributed by atoms with Gasteiger partial charge in [0.2, 0.25) is 5.91 Å². The number of nitrogens with zero attached hydrogens (tertiary/aromatic N) is 5. The Morgan fingerprint density at radius 3 is 2.77 bits per heavy atom. The monoisotopic (exact) mass is 473 g/mol. The zero-order valence-electron chi connectivity index (χ0n) is 20.0. The predicted octanol–water partition coefficient (Wildman–Crippen LogP) is 4.16. The molecule has 180 valence electrons. The molecule has 5 rings (SSSR count). The minimum absolute atomic E-state index is 0.00382. The number of hydrogen-bond donors (Lipinski definition) is 2. The first-order valence-corrected chi connectivity index (χ1v) is 11.8. The normalized spacial score (nSPS) is 15.4. The van der Waals surface area contributed by atoms with Crippen LogP contribution in [-0.2, 0) is 4.79 Å². The molecule has 4 aromatic rings. The number of carbonyl (C=O) groups excluding carboxylic acids is 1. The summed E-state index contributed by atoms with van der Waals surface area (Å²) in [5, 5.41) is 8.05. The number of aromatic nitrogens is 4. The van der Waals surface area contributed by atoms with Crippen LogP contribution in [0.3, 0.4) is 0 Å². The van der Waals surface area contributed by atoms with E-state index in [-0.39, 0.29) is 23.7 Å². The van der Waals surface area contributed by atoms with Gasteiger partial charge in [-0.15, -0.1) is 0 Å². The molecular weight excluding hydrogens is 445 g/mol. The largest absolute Gasteiger partial charge is 0.363 e. The van der Waals surface area contributed by atoms with Gasteiger partial charge in [0, 0.05) is 54.2 Å². The SMILES string of the molecule is CNC(=O)C1CCN(c2nc3c(C)c(F)ccc3cc2[C@H](C)Nc2ncnc3cnccc23)CC1. The van der Waals surface area contributed by atoms with Crippen LogP contribution in [0.25, 0.3) is 21.8 Å². The molecule has 1 fully saturated rings. The van der Waals surface area contributed by atoms with Crippen molar-refractivity contribution in [3.8, 4) is 0 Å². The summed E-state index contributed by atoms with van der Waals surface area (Å²) in [5.74, 6) is 1.32. The van der Waals surface area contributed by atoms with Crippen molar-refractivity contribution in [3.05, 3.63) is 59.9 Å². The van der Waals surface area contributed by atoms with E-state index in [9.17, 15) is 9.18 Å². The van der Waals surface area contributed by atoms with Gasteiger partial charge in [0.1, 0.15) is 23.8 Å². The number of pyridine rings is 2. The summed E-state index contributed by atoms with van der Waals surface area (Å²) < 4.78 is 14.4. The highest BCUT2D eigenvalue weighted by Crippen LogP contribution is 2.34. The van der Waals surface area contributed by atoms with Crippen LogP contribution in [0.4, 0.5) is 16.0 Å². The number of piperidine rings is 1. The lowest BCUT2D eigenvalue weighted by Gasteiger charge is -2.34. The summed E-state index contributed by atoms with van der Waals surface area (Å²) >= 11 is 0. The Morgan fingerprint density at radius 2 is 2.00 bits per heavy atom.